The quantitative estimate of drug-likeness (QED) is 0.761. The third-order valence-electron chi connectivity index (χ3n) is 4.15. The molecule has 0 aromatic rings. The van der Waals surface area contributed by atoms with E-state index in [2.05, 4.69) is 6.92 Å². The van der Waals surface area contributed by atoms with Crippen LogP contribution in [0.25, 0.3) is 0 Å². The molecule has 1 saturated heterocycles. The lowest BCUT2D eigenvalue weighted by molar-refractivity contribution is -0.0275. The molecule has 1 saturated carbocycles. The van der Waals surface area contributed by atoms with Crippen molar-refractivity contribution >= 4 is 6.09 Å². The first-order valence-electron chi connectivity index (χ1n) is 6.82. The van der Waals surface area contributed by atoms with Crippen LogP contribution in [0, 0.1) is 5.92 Å². The van der Waals surface area contributed by atoms with Crippen molar-refractivity contribution < 1.29 is 14.3 Å². The third-order valence-corrected chi connectivity index (χ3v) is 4.15. The lowest BCUT2D eigenvalue weighted by atomic mass is 9.90. The Labute approximate surface area is 110 Å². The molecular weight excluding hydrogens is 230 g/mol. The lowest BCUT2D eigenvalue weighted by Crippen LogP contribution is -2.53. The Morgan fingerprint density at radius 3 is 2.33 bits per heavy atom. The topological polar surface area (TPSA) is 38.8 Å². The minimum absolute atomic E-state index is 0.137. The van der Waals surface area contributed by atoms with Gasteiger partial charge < -0.3 is 9.47 Å². The van der Waals surface area contributed by atoms with E-state index in [4.69, 9.17) is 9.47 Å². The van der Waals surface area contributed by atoms with Gasteiger partial charge >= 0.3 is 6.09 Å². The zero-order chi connectivity index (χ0) is 13.6. The second kappa shape index (κ2) is 4.41. The Morgan fingerprint density at radius 2 is 1.89 bits per heavy atom. The summed E-state index contributed by atoms with van der Waals surface area (Å²) in [6, 6.07) is 0. The number of methoxy groups -OCH3 is 1. The first kappa shape index (κ1) is 13.7. The predicted octanol–water partition coefficient (Wildman–Crippen LogP) is 2.81. The third kappa shape index (κ3) is 2.35. The van der Waals surface area contributed by atoms with Crippen LogP contribution in [0.15, 0.2) is 0 Å². The molecular formula is C14H25NO3. The Hall–Kier alpha value is -0.770. The number of amides is 1. The van der Waals surface area contributed by atoms with Gasteiger partial charge in [0, 0.05) is 13.7 Å². The van der Waals surface area contributed by atoms with Gasteiger partial charge in [-0.25, -0.2) is 4.79 Å². The fourth-order valence-electron chi connectivity index (χ4n) is 3.07. The summed E-state index contributed by atoms with van der Waals surface area (Å²) >= 11 is 0. The van der Waals surface area contributed by atoms with E-state index in [9.17, 15) is 4.79 Å². The van der Waals surface area contributed by atoms with Crippen LogP contribution < -0.4 is 0 Å². The first-order valence-corrected chi connectivity index (χ1v) is 6.82. The Balaban J connectivity index is 2.14. The van der Waals surface area contributed by atoms with Crippen LogP contribution in [0.2, 0.25) is 0 Å². The molecule has 2 atom stereocenters. The van der Waals surface area contributed by atoms with E-state index in [0.717, 1.165) is 13.0 Å². The van der Waals surface area contributed by atoms with Gasteiger partial charge in [0.2, 0.25) is 0 Å². The normalized spacial score (nSPS) is 32.7. The Morgan fingerprint density at radius 1 is 1.28 bits per heavy atom. The number of carbonyl (C=O) groups excluding carboxylic acids is 1. The molecule has 1 heterocycles. The molecule has 18 heavy (non-hydrogen) atoms. The summed E-state index contributed by atoms with van der Waals surface area (Å²) in [5, 5.41) is 0. The van der Waals surface area contributed by atoms with Gasteiger partial charge in [0.25, 0.3) is 0 Å². The van der Waals surface area contributed by atoms with Crippen LogP contribution in [-0.4, -0.2) is 41.9 Å². The molecule has 2 rings (SSSR count). The first-order chi connectivity index (χ1) is 8.29. The van der Waals surface area contributed by atoms with E-state index in [1.165, 1.54) is 12.8 Å². The summed E-state index contributed by atoms with van der Waals surface area (Å²) < 4.78 is 11.1. The number of rotatable bonds is 2. The molecule has 4 nitrogen and oxygen atoms in total. The van der Waals surface area contributed by atoms with Gasteiger partial charge in [-0.3, -0.25) is 4.90 Å². The zero-order valence-electron chi connectivity index (χ0n) is 12.2. The van der Waals surface area contributed by atoms with Gasteiger partial charge in [0.1, 0.15) is 5.60 Å². The molecule has 1 amide bonds. The van der Waals surface area contributed by atoms with Gasteiger partial charge in [0.05, 0.1) is 11.6 Å². The van der Waals surface area contributed by atoms with Crippen molar-refractivity contribution in [3.05, 3.63) is 0 Å². The smallest absolute Gasteiger partial charge is 0.410 e. The molecule has 0 N–H and O–H groups in total. The second-order valence-electron chi connectivity index (χ2n) is 6.65. The molecule has 2 unspecified atom stereocenters. The van der Waals surface area contributed by atoms with Gasteiger partial charge in [-0.05, 0) is 52.9 Å². The van der Waals surface area contributed by atoms with Gasteiger partial charge in [-0.2, -0.15) is 0 Å². The molecule has 2 aliphatic rings. The highest BCUT2D eigenvalue weighted by atomic mass is 16.6. The van der Waals surface area contributed by atoms with Crippen LogP contribution >= 0.6 is 0 Å². The van der Waals surface area contributed by atoms with Crippen LogP contribution in [0.4, 0.5) is 4.79 Å². The summed E-state index contributed by atoms with van der Waals surface area (Å²) in [7, 11) is 1.74. The van der Waals surface area contributed by atoms with Crippen LogP contribution in [0.1, 0.15) is 47.0 Å². The molecule has 1 aliphatic carbocycles. The minimum Gasteiger partial charge on any atom is -0.444 e. The lowest BCUT2D eigenvalue weighted by Gasteiger charge is -2.39. The summed E-state index contributed by atoms with van der Waals surface area (Å²) in [5.41, 5.74) is -0.621. The summed E-state index contributed by atoms with van der Waals surface area (Å²) in [6.07, 6.45) is 3.22. The van der Waals surface area contributed by atoms with Crippen LogP contribution in [0.3, 0.4) is 0 Å². The van der Waals surface area contributed by atoms with Crippen molar-refractivity contribution in [2.75, 3.05) is 13.7 Å². The molecule has 4 heteroatoms. The van der Waals surface area contributed by atoms with Crippen molar-refractivity contribution in [1.82, 2.24) is 4.90 Å². The molecule has 1 aliphatic heterocycles. The number of ether oxygens (including phenoxy) is 2. The summed E-state index contributed by atoms with van der Waals surface area (Å²) in [6.45, 7) is 8.60. The van der Waals surface area contributed by atoms with E-state index < -0.39 is 5.60 Å². The molecule has 104 valence electrons. The van der Waals surface area contributed by atoms with Gasteiger partial charge in [0.15, 0.2) is 0 Å². The SMILES string of the molecule is COC1CCN(C(=O)OC(C)(C)C)C1(C)C1CC1. The Kier molecular flexibility index (Phi) is 3.34. The molecule has 2 fully saturated rings. The highest BCUT2D eigenvalue weighted by Gasteiger charge is 2.56. The van der Waals surface area contributed by atoms with E-state index in [-0.39, 0.29) is 17.7 Å². The zero-order valence-corrected chi connectivity index (χ0v) is 12.2. The number of likely N-dealkylation sites (tertiary alicyclic amines) is 1. The minimum atomic E-state index is -0.438. The number of hydrogen-bond donors (Lipinski definition) is 0. The van der Waals surface area contributed by atoms with Crippen molar-refractivity contribution in [3.8, 4) is 0 Å². The molecule has 0 spiro atoms. The van der Waals surface area contributed by atoms with Crippen molar-refractivity contribution in [3.63, 3.8) is 0 Å². The monoisotopic (exact) mass is 255 g/mol. The number of carbonyl (C=O) groups is 1. The van der Waals surface area contributed by atoms with E-state index in [0.29, 0.717) is 5.92 Å². The maximum Gasteiger partial charge on any atom is 0.410 e. The standard InChI is InChI=1S/C14H25NO3/c1-13(2,3)18-12(16)15-9-8-11(17-5)14(15,4)10-6-7-10/h10-11H,6-9H2,1-5H3. The summed E-state index contributed by atoms with van der Waals surface area (Å²) in [5.74, 6) is 0.567. The van der Waals surface area contributed by atoms with Crippen LogP contribution in [0.5, 0.6) is 0 Å². The molecule has 0 aromatic carbocycles. The number of nitrogens with zero attached hydrogens (tertiary/aromatic N) is 1. The van der Waals surface area contributed by atoms with E-state index in [1.807, 2.05) is 25.7 Å². The maximum atomic E-state index is 12.3. The highest BCUT2D eigenvalue weighted by Crippen LogP contribution is 2.49. The fraction of sp³-hybridized carbons (Fsp3) is 0.929. The largest absolute Gasteiger partial charge is 0.444 e. The molecule has 0 radical (unpaired) electrons. The highest BCUT2D eigenvalue weighted by molar-refractivity contribution is 5.70. The van der Waals surface area contributed by atoms with Crippen molar-refractivity contribution in [2.24, 2.45) is 5.92 Å². The maximum absolute atomic E-state index is 12.3. The average Bonchev–Trinajstić information content (AvgIpc) is 3.01. The fourth-order valence-corrected chi connectivity index (χ4v) is 3.07. The second-order valence-corrected chi connectivity index (χ2v) is 6.65. The Bertz CT molecular complexity index is 332. The van der Waals surface area contributed by atoms with Crippen LogP contribution in [-0.2, 0) is 9.47 Å². The summed E-state index contributed by atoms with van der Waals surface area (Å²) in [4.78, 5) is 14.2. The predicted molar refractivity (Wildman–Crippen MR) is 69.5 cm³/mol. The molecule has 0 bridgehead atoms. The number of hydrogen-bond acceptors (Lipinski definition) is 3. The average molecular weight is 255 g/mol. The van der Waals surface area contributed by atoms with E-state index >= 15 is 0 Å². The van der Waals surface area contributed by atoms with Crippen molar-refractivity contribution in [2.45, 2.75) is 64.2 Å². The molecule has 0 aromatic heterocycles. The van der Waals surface area contributed by atoms with E-state index in [1.54, 1.807) is 7.11 Å². The van der Waals surface area contributed by atoms with Gasteiger partial charge in [-0.1, -0.05) is 0 Å². The van der Waals surface area contributed by atoms with Crippen molar-refractivity contribution in [1.29, 1.82) is 0 Å². The van der Waals surface area contributed by atoms with Gasteiger partial charge in [-0.15, -0.1) is 0 Å².